The van der Waals surface area contributed by atoms with E-state index >= 15 is 0 Å². The Kier molecular flexibility index (Phi) is 3.71. The minimum Gasteiger partial charge on any atom is -0.377 e. The van der Waals surface area contributed by atoms with E-state index in [1.165, 1.54) is 0 Å². The molecule has 1 aliphatic carbocycles. The number of rotatable bonds is 6. The molecule has 0 saturated heterocycles. The molecule has 0 aliphatic heterocycles. The van der Waals surface area contributed by atoms with Gasteiger partial charge in [-0.3, -0.25) is 0 Å². The Morgan fingerprint density at radius 3 is 2.33 bits per heavy atom. The third-order valence-electron chi connectivity index (χ3n) is 2.91. The number of alkyl halides is 2. The zero-order valence-corrected chi connectivity index (χ0v) is 10.0. The van der Waals surface area contributed by atoms with E-state index in [1.807, 2.05) is 25.8 Å². The van der Waals surface area contributed by atoms with Crippen LogP contribution >= 0.6 is 0 Å². The van der Waals surface area contributed by atoms with Gasteiger partial charge in [0.05, 0.1) is 12.7 Å². The maximum absolute atomic E-state index is 12.9. The Labute approximate surface area is 90.6 Å². The number of hydrogen-bond acceptors (Lipinski definition) is 2. The van der Waals surface area contributed by atoms with Crippen molar-refractivity contribution in [1.82, 2.24) is 4.90 Å². The van der Waals surface area contributed by atoms with Gasteiger partial charge in [-0.25, -0.2) is 8.78 Å². The summed E-state index contributed by atoms with van der Waals surface area (Å²) in [4.78, 5) is 1.92. The summed E-state index contributed by atoms with van der Waals surface area (Å²) >= 11 is 0. The maximum atomic E-state index is 12.9. The van der Waals surface area contributed by atoms with Crippen LogP contribution in [0, 0.1) is 5.41 Å². The van der Waals surface area contributed by atoms with Crippen molar-refractivity contribution in [2.75, 3.05) is 26.7 Å². The van der Waals surface area contributed by atoms with E-state index in [0.29, 0.717) is 19.7 Å². The smallest absolute Gasteiger partial charge is 0.255 e. The van der Waals surface area contributed by atoms with E-state index in [4.69, 9.17) is 4.74 Å². The van der Waals surface area contributed by atoms with Crippen LogP contribution in [0.15, 0.2) is 0 Å². The Hall–Kier alpha value is -0.220. The van der Waals surface area contributed by atoms with Gasteiger partial charge in [-0.05, 0) is 20.9 Å². The molecule has 0 radical (unpaired) electrons. The number of ether oxygens (including phenoxy) is 1. The molecule has 1 aliphatic rings. The second kappa shape index (κ2) is 4.34. The first-order valence-corrected chi connectivity index (χ1v) is 5.45. The lowest BCUT2D eigenvalue weighted by Crippen LogP contribution is -2.31. The van der Waals surface area contributed by atoms with Gasteiger partial charge in [0.1, 0.15) is 0 Å². The van der Waals surface area contributed by atoms with E-state index < -0.39 is 11.3 Å². The molecular formula is C11H21F2NO. The normalized spacial score (nSPS) is 28.8. The Balaban J connectivity index is 2.17. The van der Waals surface area contributed by atoms with Crippen LogP contribution in [-0.2, 0) is 4.74 Å². The average Bonchev–Trinajstić information content (AvgIpc) is 2.48. The zero-order valence-electron chi connectivity index (χ0n) is 10.0. The first kappa shape index (κ1) is 12.8. The highest BCUT2D eigenvalue weighted by Crippen LogP contribution is 2.60. The summed E-state index contributed by atoms with van der Waals surface area (Å²) in [6.07, 6.45) is 0.228. The Bertz CT molecular complexity index is 221. The van der Waals surface area contributed by atoms with Gasteiger partial charge in [0.25, 0.3) is 5.92 Å². The Morgan fingerprint density at radius 1 is 1.40 bits per heavy atom. The first-order valence-electron chi connectivity index (χ1n) is 5.45. The summed E-state index contributed by atoms with van der Waals surface area (Å²) in [6, 6.07) is 0. The minimum atomic E-state index is -2.46. The van der Waals surface area contributed by atoms with E-state index in [-0.39, 0.29) is 12.5 Å². The topological polar surface area (TPSA) is 12.5 Å². The predicted octanol–water partition coefficient (Wildman–Crippen LogP) is 2.39. The third kappa shape index (κ3) is 3.38. The van der Waals surface area contributed by atoms with Gasteiger partial charge < -0.3 is 9.64 Å². The highest BCUT2D eigenvalue weighted by Gasteiger charge is 2.67. The van der Waals surface area contributed by atoms with Crippen molar-refractivity contribution in [3.63, 3.8) is 0 Å². The molecule has 1 unspecified atom stereocenters. The van der Waals surface area contributed by atoms with Crippen molar-refractivity contribution < 1.29 is 13.5 Å². The second-order valence-corrected chi connectivity index (χ2v) is 5.10. The van der Waals surface area contributed by atoms with Crippen LogP contribution in [0.25, 0.3) is 0 Å². The number of nitrogens with zero attached hydrogens (tertiary/aromatic N) is 1. The lowest BCUT2D eigenvalue weighted by molar-refractivity contribution is 0.0386. The van der Waals surface area contributed by atoms with Crippen LogP contribution in [0.4, 0.5) is 8.78 Å². The fraction of sp³-hybridized carbons (Fsp3) is 1.00. The monoisotopic (exact) mass is 221 g/mol. The van der Waals surface area contributed by atoms with Crippen molar-refractivity contribution in [2.45, 2.75) is 39.2 Å². The quantitative estimate of drug-likeness (QED) is 0.683. The van der Waals surface area contributed by atoms with E-state index in [0.717, 1.165) is 0 Å². The molecule has 0 amide bonds. The van der Waals surface area contributed by atoms with Crippen LogP contribution in [0.5, 0.6) is 0 Å². The zero-order chi connectivity index (χ0) is 11.7. The first-order chi connectivity index (χ1) is 6.77. The average molecular weight is 221 g/mol. The fourth-order valence-electron chi connectivity index (χ4n) is 1.74. The molecule has 0 spiro atoms. The van der Waals surface area contributed by atoms with Crippen LogP contribution in [-0.4, -0.2) is 43.7 Å². The summed E-state index contributed by atoms with van der Waals surface area (Å²) in [7, 11) is 1.86. The molecule has 1 saturated carbocycles. The van der Waals surface area contributed by atoms with E-state index in [1.54, 1.807) is 6.92 Å². The molecule has 0 bridgehead atoms. The molecule has 1 atom stereocenters. The van der Waals surface area contributed by atoms with Gasteiger partial charge in [-0.1, -0.05) is 6.92 Å². The molecule has 90 valence electrons. The maximum Gasteiger partial charge on any atom is 0.255 e. The summed E-state index contributed by atoms with van der Waals surface area (Å²) in [5.41, 5.74) is -0.806. The van der Waals surface area contributed by atoms with Crippen LogP contribution in [0.2, 0.25) is 0 Å². The molecule has 2 nitrogen and oxygen atoms in total. The molecule has 0 aromatic heterocycles. The van der Waals surface area contributed by atoms with E-state index in [2.05, 4.69) is 0 Å². The number of likely N-dealkylation sites (N-methyl/N-ethyl adjacent to an activating group) is 1. The van der Waals surface area contributed by atoms with Crippen molar-refractivity contribution in [3.8, 4) is 0 Å². The molecule has 0 aromatic rings. The van der Waals surface area contributed by atoms with Crippen molar-refractivity contribution in [1.29, 1.82) is 0 Å². The highest BCUT2D eigenvalue weighted by molar-refractivity contribution is 5.08. The van der Waals surface area contributed by atoms with Gasteiger partial charge >= 0.3 is 0 Å². The Morgan fingerprint density at radius 2 is 1.93 bits per heavy atom. The molecule has 1 rings (SSSR count). The molecule has 1 fully saturated rings. The number of halogens is 2. The molecule has 15 heavy (non-hydrogen) atoms. The summed E-state index contributed by atoms with van der Waals surface area (Å²) in [5.74, 6) is -2.46. The lowest BCUT2D eigenvalue weighted by atomic mass is 10.1. The van der Waals surface area contributed by atoms with Gasteiger partial charge in [-0.2, -0.15) is 0 Å². The van der Waals surface area contributed by atoms with Crippen molar-refractivity contribution in [2.24, 2.45) is 5.41 Å². The van der Waals surface area contributed by atoms with Crippen molar-refractivity contribution >= 4 is 0 Å². The van der Waals surface area contributed by atoms with Crippen LogP contribution in [0.3, 0.4) is 0 Å². The molecular weight excluding hydrogens is 200 g/mol. The van der Waals surface area contributed by atoms with Gasteiger partial charge in [0.2, 0.25) is 0 Å². The summed E-state index contributed by atoms with van der Waals surface area (Å²) < 4.78 is 31.2. The third-order valence-corrected chi connectivity index (χ3v) is 2.91. The van der Waals surface area contributed by atoms with Crippen molar-refractivity contribution in [3.05, 3.63) is 0 Å². The molecule has 0 N–H and O–H groups in total. The fourth-order valence-corrected chi connectivity index (χ4v) is 1.74. The minimum absolute atomic E-state index is 0.0232. The van der Waals surface area contributed by atoms with Gasteiger partial charge in [0, 0.05) is 24.9 Å². The second-order valence-electron chi connectivity index (χ2n) is 5.10. The lowest BCUT2D eigenvalue weighted by Gasteiger charge is -2.21. The number of hydrogen-bond donors (Lipinski definition) is 0. The molecule has 0 aromatic carbocycles. The van der Waals surface area contributed by atoms with E-state index in [9.17, 15) is 8.78 Å². The summed E-state index contributed by atoms with van der Waals surface area (Å²) in [6.45, 7) is 7.35. The molecule has 0 heterocycles. The standard InChI is InChI=1S/C11H21F2NO/c1-9(2)15-6-5-14(4)8-10(3)7-11(10,12)13/h9H,5-8H2,1-4H3. The van der Waals surface area contributed by atoms with Crippen LogP contribution < -0.4 is 0 Å². The molecule has 4 heteroatoms. The SMILES string of the molecule is CC(C)OCCN(C)CC1(C)CC1(F)F. The predicted molar refractivity (Wildman–Crippen MR) is 56.3 cm³/mol. The summed E-state index contributed by atoms with van der Waals surface area (Å²) in [5, 5.41) is 0. The van der Waals surface area contributed by atoms with Gasteiger partial charge in [-0.15, -0.1) is 0 Å². The largest absolute Gasteiger partial charge is 0.377 e. The highest BCUT2D eigenvalue weighted by atomic mass is 19.3. The van der Waals surface area contributed by atoms with Crippen LogP contribution in [0.1, 0.15) is 27.2 Å². The van der Waals surface area contributed by atoms with Gasteiger partial charge in [0.15, 0.2) is 0 Å².